The van der Waals surface area contributed by atoms with Gasteiger partial charge in [-0.3, -0.25) is 10.1 Å². The van der Waals surface area contributed by atoms with Crippen molar-refractivity contribution < 1.29 is 10.0 Å². The van der Waals surface area contributed by atoms with Crippen LogP contribution in [0.3, 0.4) is 0 Å². The van der Waals surface area contributed by atoms with Gasteiger partial charge in [0, 0.05) is 23.9 Å². The van der Waals surface area contributed by atoms with E-state index in [9.17, 15) is 15.2 Å². The number of anilines is 1. The van der Waals surface area contributed by atoms with Gasteiger partial charge in [-0.1, -0.05) is 0 Å². The number of nitrogens with zero attached hydrogens (tertiary/aromatic N) is 1. The summed E-state index contributed by atoms with van der Waals surface area (Å²) in [6.07, 6.45) is 2.72. The second-order valence-electron chi connectivity index (χ2n) is 4.69. The molecule has 92 valence electrons. The van der Waals surface area contributed by atoms with E-state index >= 15 is 0 Å². The molecule has 0 unspecified atom stereocenters. The van der Waals surface area contributed by atoms with E-state index in [0.717, 1.165) is 24.9 Å². The number of nitro groups is 1. The van der Waals surface area contributed by atoms with Crippen LogP contribution >= 0.6 is 0 Å². The lowest BCUT2D eigenvalue weighted by Crippen LogP contribution is -2.43. The molecule has 0 radical (unpaired) electrons. The van der Waals surface area contributed by atoms with Gasteiger partial charge in [0.2, 0.25) is 0 Å². The van der Waals surface area contributed by atoms with Crippen molar-refractivity contribution in [1.29, 1.82) is 0 Å². The number of benzene rings is 1. The highest BCUT2D eigenvalue weighted by Crippen LogP contribution is 2.32. The molecule has 0 heterocycles. The Kier molecular flexibility index (Phi) is 3.02. The van der Waals surface area contributed by atoms with E-state index in [1.54, 1.807) is 19.1 Å². The van der Waals surface area contributed by atoms with Gasteiger partial charge < -0.3 is 10.4 Å². The Morgan fingerprint density at radius 2 is 2.24 bits per heavy atom. The van der Waals surface area contributed by atoms with Crippen molar-refractivity contribution in [2.75, 3.05) is 11.9 Å². The zero-order valence-electron chi connectivity index (χ0n) is 9.77. The predicted octanol–water partition coefficient (Wildman–Crippen LogP) is 2.23. The van der Waals surface area contributed by atoms with Gasteiger partial charge in [-0.15, -0.1) is 0 Å². The highest BCUT2D eigenvalue weighted by atomic mass is 16.6. The molecule has 1 fully saturated rings. The van der Waals surface area contributed by atoms with Gasteiger partial charge in [-0.05, 0) is 38.3 Å². The molecule has 0 amide bonds. The fourth-order valence-corrected chi connectivity index (χ4v) is 2.00. The average Bonchev–Trinajstić information content (AvgIpc) is 2.23. The van der Waals surface area contributed by atoms with Crippen LogP contribution in [0.5, 0.6) is 0 Å². The van der Waals surface area contributed by atoms with Gasteiger partial charge in [-0.25, -0.2) is 0 Å². The molecular formula is C12H16N2O3. The van der Waals surface area contributed by atoms with Gasteiger partial charge in [-0.2, -0.15) is 0 Å². The maximum Gasteiger partial charge on any atom is 0.272 e. The highest BCUT2D eigenvalue weighted by Gasteiger charge is 2.33. The quantitative estimate of drug-likeness (QED) is 0.621. The molecule has 0 aliphatic heterocycles. The van der Waals surface area contributed by atoms with Crippen LogP contribution in [0.25, 0.3) is 0 Å². The molecule has 0 aromatic heterocycles. The van der Waals surface area contributed by atoms with Crippen LogP contribution in [-0.2, 0) is 0 Å². The monoisotopic (exact) mass is 236 g/mol. The van der Waals surface area contributed by atoms with Crippen molar-refractivity contribution in [2.45, 2.75) is 31.8 Å². The molecular weight excluding hydrogens is 220 g/mol. The Morgan fingerprint density at radius 3 is 2.71 bits per heavy atom. The molecule has 1 saturated carbocycles. The van der Waals surface area contributed by atoms with Gasteiger partial charge >= 0.3 is 0 Å². The van der Waals surface area contributed by atoms with E-state index in [2.05, 4.69) is 5.32 Å². The first-order valence-corrected chi connectivity index (χ1v) is 5.71. The summed E-state index contributed by atoms with van der Waals surface area (Å²) in [4.78, 5) is 10.3. The van der Waals surface area contributed by atoms with Crippen LogP contribution in [0.4, 0.5) is 11.4 Å². The minimum absolute atomic E-state index is 0.123. The van der Waals surface area contributed by atoms with E-state index in [-0.39, 0.29) is 5.69 Å². The van der Waals surface area contributed by atoms with Crippen LogP contribution in [0, 0.1) is 17.0 Å². The number of hydrogen-bond acceptors (Lipinski definition) is 4. The molecule has 1 aliphatic rings. The summed E-state index contributed by atoms with van der Waals surface area (Å²) in [6, 6.07) is 4.90. The van der Waals surface area contributed by atoms with Crippen molar-refractivity contribution >= 4 is 11.4 Å². The molecule has 0 spiro atoms. The molecule has 0 bridgehead atoms. The van der Waals surface area contributed by atoms with Crippen LogP contribution in [0.15, 0.2) is 18.2 Å². The van der Waals surface area contributed by atoms with Crippen molar-refractivity contribution in [2.24, 2.45) is 0 Å². The lowest BCUT2D eigenvalue weighted by molar-refractivity contribution is -0.385. The summed E-state index contributed by atoms with van der Waals surface area (Å²) < 4.78 is 0. The third-order valence-corrected chi connectivity index (χ3v) is 3.30. The maximum absolute atomic E-state index is 10.7. The summed E-state index contributed by atoms with van der Waals surface area (Å²) in [5.41, 5.74) is 0.974. The molecule has 2 rings (SSSR count). The van der Waals surface area contributed by atoms with Gasteiger partial charge in [0.1, 0.15) is 0 Å². The van der Waals surface area contributed by atoms with Crippen molar-refractivity contribution in [1.82, 2.24) is 0 Å². The lowest BCUT2D eigenvalue weighted by atomic mass is 9.80. The molecule has 17 heavy (non-hydrogen) atoms. The van der Waals surface area contributed by atoms with Crippen molar-refractivity contribution in [3.63, 3.8) is 0 Å². The third-order valence-electron chi connectivity index (χ3n) is 3.30. The smallest absolute Gasteiger partial charge is 0.272 e. The van der Waals surface area contributed by atoms with Crippen LogP contribution in [0.2, 0.25) is 0 Å². The van der Waals surface area contributed by atoms with Crippen molar-refractivity contribution in [3.05, 3.63) is 33.9 Å². The maximum atomic E-state index is 10.7. The minimum Gasteiger partial charge on any atom is -0.388 e. The molecule has 5 nitrogen and oxygen atoms in total. The van der Waals surface area contributed by atoms with Gasteiger partial charge in [0.25, 0.3) is 5.69 Å². The minimum atomic E-state index is -0.588. The number of nitro benzene ring substituents is 1. The molecule has 2 N–H and O–H groups in total. The molecule has 5 heteroatoms. The number of hydrogen-bond donors (Lipinski definition) is 2. The zero-order valence-corrected chi connectivity index (χ0v) is 9.77. The summed E-state index contributed by atoms with van der Waals surface area (Å²) in [7, 11) is 0. The molecule has 1 aromatic rings. The van der Waals surface area contributed by atoms with E-state index in [4.69, 9.17) is 0 Å². The Balaban J connectivity index is 2.02. The first kappa shape index (κ1) is 11.9. The summed E-state index contributed by atoms with van der Waals surface area (Å²) in [5.74, 6) is 0. The van der Waals surface area contributed by atoms with E-state index in [0.29, 0.717) is 12.1 Å². The Bertz CT molecular complexity index is 441. The topological polar surface area (TPSA) is 75.4 Å². The molecule has 0 atom stereocenters. The van der Waals surface area contributed by atoms with E-state index in [1.807, 2.05) is 0 Å². The largest absolute Gasteiger partial charge is 0.388 e. The summed E-state index contributed by atoms with van der Waals surface area (Å²) in [6.45, 7) is 2.21. The fourth-order valence-electron chi connectivity index (χ4n) is 2.00. The van der Waals surface area contributed by atoms with Crippen molar-refractivity contribution in [3.8, 4) is 0 Å². The Hall–Kier alpha value is -1.62. The standard InChI is InChI=1S/C12H16N2O3/c1-9-7-10(3-4-11(9)14(16)17)13-8-12(15)5-2-6-12/h3-4,7,13,15H,2,5-6,8H2,1H3. The van der Waals surface area contributed by atoms with Gasteiger partial charge in [0.05, 0.1) is 10.5 Å². The summed E-state index contributed by atoms with van der Waals surface area (Å²) in [5, 5.41) is 23.7. The molecule has 0 saturated heterocycles. The predicted molar refractivity (Wildman–Crippen MR) is 65.1 cm³/mol. The lowest BCUT2D eigenvalue weighted by Gasteiger charge is -2.36. The Labute approximate surface area is 99.6 Å². The first-order chi connectivity index (χ1) is 8.00. The highest BCUT2D eigenvalue weighted by molar-refractivity contribution is 5.53. The van der Waals surface area contributed by atoms with Crippen LogP contribution in [0.1, 0.15) is 24.8 Å². The number of nitrogens with one attached hydrogen (secondary N) is 1. The van der Waals surface area contributed by atoms with Gasteiger partial charge in [0.15, 0.2) is 0 Å². The number of aryl methyl sites for hydroxylation is 1. The normalized spacial score (nSPS) is 17.3. The fraction of sp³-hybridized carbons (Fsp3) is 0.500. The van der Waals surface area contributed by atoms with Crippen LogP contribution in [-0.4, -0.2) is 22.2 Å². The van der Waals surface area contributed by atoms with E-state index in [1.165, 1.54) is 6.07 Å². The number of aliphatic hydroxyl groups is 1. The second kappa shape index (κ2) is 4.33. The molecule has 1 aromatic carbocycles. The second-order valence-corrected chi connectivity index (χ2v) is 4.69. The number of rotatable bonds is 4. The average molecular weight is 236 g/mol. The third kappa shape index (κ3) is 2.55. The Morgan fingerprint density at radius 1 is 1.53 bits per heavy atom. The van der Waals surface area contributed by atoms with Crippen LogP contribution < -0.4 is 5.32 Å². The SMILES string of the molecule is Cc1cc(NCC2(O)CCC2)ccc1[N+](=O)[O-]. The first-order valence-electron chi connectivity index (χ1n) is 5.71. The van der Waals surface area contributed by atoms with E-state index < -0.39 is 10.5 Å². The molecule has 1 aliphatic carbocycles. The zero-order chi connectivity index (χ0) is 12.5. The summed E-state index contributed by atoms with van der Waals surface area (Å²) >= 11 is 0.